The smallest absolute Gasteiger partial charge is 0.239 e. The highest BCUT2D eigenvalue weighted by atomic mass is 127. The van der Waals surface area contributed by atoms with E-state index in [2.05, 4.69) is 51.0 Å². The molecule has 1 amide bonds. The van der Waals surface area contributed by atoms with Gasteiger partial charge in [-0.25, -0.2) is 4.99 Å². The van der Waals surface area contributed by atoms with E-state index in [9.17, 15) is 4.79 Å². The maximum Gasteiger partial charge on any atom is 0.239 e. The van der Waals surface area contributed by atoms with Crippen molar-refractivity contribution in [2.75, 3.05) is 32.1 Å². The third kappa shape index (κ3) is 9.26. The average molecular weight is 475 g/mol. The second-order valence-electron chi connectivity index (χ2n) is 7.35. The first-order valence-corrected chi connectivity index (χ1v) is 8.72. The molecule has 148 valence electrons. The van der Waals surface area contributed by atoms with Gasteiger partial charge in [-0.1, -0.05) is 6.07 Å². The Morgan fingerprint density at radius 2 is 1.85 bits per heavy atom. The highest BCUT2D eigenvalue weighted by Crippen LogP contribution is 2.17. The number of carbonyl (C=O) groups excluding carboxylic acids is 1. The lowest BCUT2D eigenvalue weighted by Gasteiger charge is -2.21. The summed E-state index contributed by atoms with van der Waals surface area (Å²) in [7, 11) is 4.06. The van der Waals surface area contributed by atoms with Gasteiger partial charge in [-0.05, 0) is 57.9 Å². The van der Waals surface area contributed by atoms with Gasteiger partial charge in [-0.15, -0.1) is 24.0 Å². The summed E-state index contributed by atoms with van der Waals surface area (Å²) in [6, 6.07) is 6.35. The molecular formula is C19H34IN5O. The van der Waals surface area contributed by atoms with Gasteiger partial charge in [0.25, 0.3) is 0 Å². The largest absolute Gasteiger partial charge is 0.378 e. The van der Waals surface area contributed by atoms with Crippen molar-refractivity contribution in [1.82, 2.24) is 16.0 Å². The van der Waals surface area contributed by atoms with Gasteiger partial charge >= 0.3 is 0 Å². The third-order valence-corrected chi connectivity index (χ3v) is 3.53. The molecule has 0 atom stereocenters. The molecule has 0 spiro atoms. The molecule has 6 nitrogen and oxygen atoms in total. The van der Waals surface area contributed by atoms with E-state index >= 15 is 0 Å². The normalized spacial score (nSPS) is 11.4. The number of carbonyl (C=O) groups is 1. The van der Waals surface area contributed by atoms with Crippen molar-refractivity contribution in [2.45, 2.75) is 46.7 Å². The highest BCUT2D eigenvalue weighted by molar-refractivity contribution is 14.0. The van der Waals surface area contributed by atoms with Crippen LogP contribution in [0.4, 0.5) is 5.69 Å². The van der Waals surface area contributed by atoms with Crippen LogP contribution in [0.5, 0.6) is 0 Å². The first kappa shape index (κ1) is 24.5. The van der Waals surface area contributed by atoms with Crippen LogP contribution >= 0.6 is 24.0 Å². The number of amides is 1. The number of hydrogen-bond acceptors (Lipinski definition) is 3. The monoisotopic (exact) mass is 475 g/mol. The van der Waals surface area contributed by atoms with E-state index in [1.807, 2.05) is 41.8 Å². The Kier molecular flexibility index (Phi) is 10.6. The summed E-state index contributed by atoms with van der Waals surface area (Å²) in [6.45, 7) is 11.5. The summed E-state index contributed by atoms with van der Waals surface area (Å²) in [5.74, 6) is 0.590. The Balaban J connectivity index is 0.00000625. The standard InChI is InChI=1S/C19H33N5O.HI/c1-8-20-18(22-13-17(25)23-19(3,4)5)21-12-15-9-10-16(24(6)7)11-14(15)2;/h9-11H,8,12-13H2,1-7H3,(H,23,25)(H2,20,21,22);1H. The highest BCUT2D eigenvalue weighted by Gasteiger charge is 2.13. The Morgan fingerprint density at radius 3 is 2.35 bits per heavy atom. The van der Waals surface area contributed by atoms with Gasteiger partial charge in [0.05, 0.1) is 13.1 Å². The van der Waals surface area contributed by atoms with Crippen molar-refractivity contribution in [3.05, 3.63) is 29.3 Å². The predicted octanol–water partition coefficient (Wildman–Crippen LogP) is 2.65. The van der Waals surface area contributed by atoms with E-state index in [1.54, 1.807) is 0 Å². The van der Waals surface area contributed by atoms with E-state index < -0.39 is 0 Å². The molecule has 1 rings (SSSR count). The van der Waals surface area contributed by atoms with Crippen LogP contribution < -0.4 is 20.9 Å². The van der Waals surface area contributed by atoms with E-state index in [0.29, 0.717) is 12.5 Å². The number of hydrogen-bond donors (Lipinski definition) is 3. The number of aliphatic imine (C=N–C) groups is 1. The number of benzene rings is 1. The van der Waals surface area contributed by atoms with Crippen molar-refractivity contribution in [2.24, 2.45) is 4.99 Å². The van der Waals surface area contributed by atoms with Crippen LogP contribution in [-0.4, -0.2) is 44.6 Å². The molecule has 0 unspecified atom stereocenters. The third-order valence-electron chi connectivity index (χ3n) is 3.53. The maximum atomic E-state index is 11.9. The molecule has 0 aliphatic carbocycles. The molecule has 3 N–H and O–H groups in total. The van der Waals surface area contributed by atoms with Crippen LogP contribution in [0.1, 0.15) is 38.8 Å². The van der Waals surface area contributed by atoms with E-state index in [1.165, 1.54) is 16.8 Å². The quantitative estimate of drug-likeness (QED) is 0.336. The van der Waals surface area contributed by atoms with Gasteiger partial charge in [0.15, 0.2) is 5.96 Å². The molecule has 0 saturated heterocycles. The molecule has 26 heavy (non-hydrogen) atoms. The Hall–Kier alpha value is -1.51. The fourth-order valence-corrected chi connectivity index (χ4v) is 2.27. The lowest BCUT2D eigenvalue weighted by atomic mass is 10.1. The number of halogens is 1. The first-order chi connectivity index (χ1) is 11.6. The second kappa shape index (κ2) is 11.3. The number of aryl methyl sites for hydroxylation is 1. The molecule has 0 aliphatic heterocycles. The van der Waals surface area contributed by atoms with Gasteiger partial charge in [0, 0.05) is 31.9 Å². The molecule has 1 aromatic rings. The van der Waals surface area contributed by atoms with Crippen LogP contribution in [0.2, 0.25) is 0 Å². The minimum atomic E-state index is -0.237. The fourth-order valence-electron chi connectivity index (χ4n) is 2.27. The zero-order chi connectivity index (χ0) is 19.0. The van der Waals surface area contributed by atoms with Crippen molar-refractivity contribution in [3.63, 3.8) is 0 Å². The molecule has 0 aromatic heterocycles. The topological polar surface area (TPSA) is 68.8 Å². The Bertz CT molecular complexity index is 608. The number of rotatable bonds is 6. The molecular weight excluding hydrogens is 441 g/mol. The number of guanidine groups is 1. The van der Waals surface area contributed by atoms with Crippen molar-refractivity contribution in [3.8, 4) is 0 Å². The molecule has 0 fully saturated rings. The molecule has 0 aliphatic rings. The van der Waals surface area contributed by atoms with Crippen molar-refractivity contribution in [1.29, 1.82) is 0 Å². The average Bonchev–Trinajstić information content (AvgIpc) is 2.49. The van der Waals surface area contributed by atoms with E-state index in [-0.39, 0.29) is 42.0 Å². The second-order valence-corrected chi connectivity index (χ2v) is 7.35. The molecule has 7 heteroatoms. The van der Waals surface area contributed by atoms with Crippen molar-refractivity contribution >= 4 is 41.5 Å². The number of anilines is 1. The van der Waals surface area contributed by atoms with Crippen molar-refractivity contribution < 1.29 is 4.79 Å². The van der Waals surface area contributed by atoms with Crippen LogP contribution in [0, 0.1) is 6.92 Å². The Labute approximate surface area is 175 Å². The minimum Gasteiger partial charge on any atom is -0.378 e. The zero-order valence-electron chi connectivity index (χ0n) is 17.1. The van der Waals surface area contributed by atoms with Crippen LogP contribution in [0.25, 0.3) is 0 Å². The lowest BCUT2D eigenvalue weighted by molar-refractivity contribution is -0.121. The summed E-state index contributed by atoms with van der Waals surface area (Å²) in [4.78, 5) is 18.6. The minimum absolute atomic E-state index is 0. The SMILES string of the molecule is CCNC(=NCc1ccc(N(C)C)cc1C)NCC(=O)NC(C)(C)C.I. The molecule has 0 heterocycles. The van der Waals surface area contributed by atoms with E-state index in [0.717, 1.165) is 6.54 Å². The summed E-state index contributed by atoms with van der Waals surface area (Å²) < 4.78 is 0. The maximum absolute atomic E-state index is 11.9. The molecule has 1 aromatic carbocycles. The zero-order valence-corrected chi connectivity index (χ0v) is 19.4. The summed E-state index contributed by atoms with van der Waals surface area (Å²) in [5.41, 5.74) is 3.31. The first-order valence-electron chi connectivity index (χ1n) is 8.72. The predicted molar refractivity (Wildman–Crippen MR) is 122 cm³/mol. The number of nitrogens with one attached hydrogen (secondary N) is 3. The Morgan fingerprint density at radius 1 is 1.19 bits per heavy atom. The van der Waals surface area contributed by atoms with Crippen LogP contribution in [-0.2, 0) is 11.3 Å². The van der Waals surface area contributed by atoms with Gasteiger partial charge in [-0.3, -0.25) is 4.79 Å². The van der Waals surface area contributed by atoms with Crippen LogP contribution in [0.15, 0.2) is 23.2 Å². The fraction of sp³-hybridized carbons (Fsp3) is 0.579. The van der Waals surface area contributed by atoms with E-state index in [4.69, 9.17) is 0 Å². The van der Waals surface area contributed by atoms with Gasteiger partial charge in [-0.2, -0.15) is 0 Å². The lowest BCUT2D eigenvalue weighted by Crippen LogP contribution is -2.48. The molecule has 0 radical (unpaired) electrons. The van der Waals surface area contributed by atoms with Gasteiger partial charge in [0.1, 0.15) is 0 Å². The molecule has 0 saturated carbocycles. The molecule has 0 bridgehead atoms. The number of nitrogens with zero attached hydrogens (tertiary/aromatic N) is 2. The van der Waals surface area contributed by atoms with Gasteiger partial charge in [0.2, 0.25) is 5.91 Å². The van der Waals surface area contributed by atoms with Gasteiger partial charge < -0.3 is 20.9 Å². The summed E-state index contributed by atoms with van der Waals surface area (Å²) in [5, 5.41) is 9.18. The summed E-state index contributed by atoms with van der Waals surface area (Å²) in [6.07, 6.45) is 0. The summed E-state index contributed by atoms with van der Waals surface area (Å²) >= 11 is 0. The van der Waals surface area contributed by atoms with Crippen LogP contribution in [0.3, 0.4) is 0 Å².